The van der Waals surface area contributed by atoms with E-state index in [0.29, 0.717) is 40.9 Å². The molecule has 4 aromatic rings. The summed E-state index contributed by atoms with van der Waals surface area (Å²) in [6.45, 7) is 0.598. The summed E-state index contributed by atoms with van der Waals surface area (Å²) in [7, 11) is 4.66. The number of carbonyl (C=O) groups is 2. The van der Waals surface area contributed by atoms with Crippen LogP contribution in [0, 0.1) is 5.92 Å². The fourth-order valence-electron chi connectivity index (χ4n) is 6.11. The molecule has 2 atom stereocenters. The third-order valence-corrected chi connectivity index (χ3v) is 8.87. The summed E-state index contributed by atoms with van der Waals surface area (Å²) in [5, 5.41) is 1.92. The van der Waals surface area contributed by atoms with E-state index in [-0.39, 0.29) is 17.1 Å². The first-order chi connectivity index (χ1) is 17.0. The van der Waals surface area contributed by atoms with Crippen molar-refractivity contribution in [3.8, 4) is 17.2 Å². The number of nitrogens with zero attached hydrogens (tertiary/aromatic N) is 1. The third-order valence-electron chi connectivity index (χ3n) is 7.68. The van der Waals surface area contributed by atoms with E-state index < -0.39 is 0 Å². The van der Waals surface area contributed by atoms with Crippen LogP contribution in [-0.4, -0.2) is 49.4 Å². The standard InChI is InChI=1S/C27H22N2O5S/c1-32-18-9-13-8-16(28-22(13)24(34-3)23(18)33-2)26(31)29-12-14-11-27(14)20(29)10-17(30)25-21(27)15-6-4-5-7-19(15)35-25/h4-10,14,28H,11-12H2,1-3H3. The van der Waals surface area contributed by atoms with E-state index in [1.54, 1.807) is 49.7 Å². The highest BCUT2D eigenvalue weighted by atomic mass is 32.1. The second-order valence-electron chi connectivity index (χ2n) is 9.28. The lowest BCUT2D eigenvalue weighted by Gasteiger charge is -2.28. The number of H-pyrrole nitrogens is 1. The number of nitrogens with one attached hydrogen (secondary N) is 1. The van der Waals surface area contributed by atoms with Gasteiger partial charge >= 0.3 is 0 Å². The topological polar surface area (TPSA) is 80.9 Å². The largest absolute Gasteiger partial charge is 0.493 e. The number of ketones is 1. The zero-order valence-corrected chi connectivity index (χ0v) is 20.2. The molecule has 35 heavy (non-hydrogen) atoms. The van der Waals surface area contributed by atoms with Crippen molar-refractivity contribution in [3.63, 3.8) is 0 Å². The minimum atomic E-state index is -0.241. The number of piperidine rings is 1. The van der Waals surface area contributed by atoms with Gasteiger partial charge in [-0.2, -0.15) is 0 Å². The van der Waals surface area contributed by atoms with Crippen molar-refractivity contribution >= 4 is 44.0 Å². The first kappa shape index (κ1) is 20.6. The number of amides is 1. The Morgan fingerprint density at radius 2 is 1.91 bits per heavy atom. The van der Waals surface area contributed by atoms with Crippen LogP contribution in [0.3, 0.4) is 0 Å². The van der Waals surface area contributed by atoms with Crippen LogP contribution in [-0.2, 0) is 5.41 Å². The smallest absolute Gasteiger partial charge is 0.274 e. The number of likely N-dealkylation sites (tertiary alicyclic amines) is 1. The first-order valence-electron chi connectivity index (χ1n) is 11.4. The van der Waals surface area contributed by atoms with Crippen LogP contribution in [0.25, 0.3) is 21.0 Å². The Bertz CT molecular complexity index is 1630. The number of ether oxygens (including phenoxy) is 3. The van der Waals surface area contributed by atoms with Gasteiger partial charge in [0, 0.05) is 33.8 Å². The number of allylic oxidation sites excluding steroid dienone is 2. The summed E-state index contributed by atoms with van der Waals surface area (Å²) in [5.74, 6) is 1.61. The third kappa shape index (κ3) is 2.49. The molecule has 1 saturated heterocycles. The molecule has 1 aliphatic heterocycles. The molecule has 3 aliphatic rings. The number of carbonyl (C=O) groups excluding carboxylic acids is 2. The van der Waals surface area contributed by atoms with Crippen LogP contribution in [0.15, 0.2) is 48.2 Å². The van der Waals surface area contributed by atoms with Crippen molar-refractivity contribution < 1.29 is 23.8 Å². The van der Waals surface area contributed by atoms with Crippen LogP contribution in [0.4, 0.5) is 0 Å². The van der Waals surface area contributed by atoms with E-state index >= 15 is 0 Å². The Labute approximate surface area is 204 Å². The van der Waals surface area contributed by atoms with Crippen molar-refractivity contribution in [1.82, 2.24) is 9.88 Å². The molecule has 0 bridgehead atoms. The average molecular weight is 487 g/mol. The number of thiophene rings is 1. The minimum Gasteiger partial charge on any atom is -0.493 e. The molecule has 2 aliphatic carbocycles. The molecule has 2 fully saturated rings. The summed E-state index contributed by atoms with van der Waals surface area (Å²) in [6.07, 6.45) is 2.66. The number of benzene rings is 2. The molecule has 1 amide bonds. The van der Waals surface area contributed by atoms with Gasteiger partial charge in [-0.25, -0.2) is 0 Å². The molecule has 1 N–H and O–H groups in total. The summed E-state index contributed by atoms with van der Waals surface area (Å²) in [6, 6.07) is 11.8. The van der Waals surface area contributed by atoms with Crippen LogP contribution < -0.4 is 14.2 Å². The summed E-state index contributed by atoms with van der Waals surface area (Å²) >= 11 is 1.56. The number of aromatic nitrogens is 1. The van der Waals surface area contributed by atoms with Crippen molar-refractivity contribution in [2.75, 3.05) is 27.9 Å². The summed E-state index contributed by atoms with van der Waals surface area (Å²) in [4.78, 5) is 32.8. The predicted octanol–water partition coefficient (Wildman–Crippen LogP) is 4.90. The van der Waals surface area contributed by atoms with Crippen LogP contribution in [0.2, 0.25) is 0 Å². The second kappa shape index (κ2) is 6.88. The molecule has 1 saturated carbocycles. The fraction of sp³-hybridized carbons (Fsp3) is 0.259. The highest BCUT2D eigenvalue weighted by Gasteiger charge is 2.68. The number of hydrogen-bond acceptors (Lipinski definition) is 6. The Morgan fingerprint density at radius 1 is 1.11 bits per heavy atom. The quantitative estimate of drug-likeness (QED) is 0.444. The Kier molecular flexibility index (Phi) is 4.05. The van der Waals surface area contributed by atoms with Gasteiger partial charge in [0.15, 0.2) is 17.3 Å². The monoisotopic (exact) mass is 486 g/mol. The van der Waals surface area contributed by atoms with Crippen LogP contribution in [0.1, 0.15) is 32.1 Å². The number of aromatic amines is 1. The Hall–Kier alpha value is -3.78. The maximum absolute atomic E-state index is 13.8. The molecule has 2 aromatic carbocycles. The van der Waals surface area contributed by atoms with Crippen LogP contribution >= 0.6 is 11.3 Å². The molecule has 1 spiro atoms. The highest BCUT2D eigenvalue weighted by Crippen LogP contribution is 2.68. The Balaban J connectivity index is 1.33. The molecule has 3 heterocycles. The number of fused-ring (bicyclic) bond motifs is 4. The average Bonchev–Trinajstić information content (AvgIpc) is 3.19. The molecule has 0 radical (unpaired) electrons. The summed E-state index contributed by atoms with van der Waals surface area (Å²) < 4.78 is 17.7. The van der Waals surface area contributed by atoms with Gasteiger partial charge in [-0.15, -0.1) is 11.3 Å². The van der Waals surface area contributed by atoms with E-state index in [2.05, 4.69) is 17.1 Å². The number of methoxy groups -OCH3 is 3. The molecule has 176 valence electrons. The second-order valence-corrected chi connectivity index (χ2v) is 10.3. The van der Waals surface area contributed by atoms with Gasteiger partial charge in [-0.05, 0) is 41.5 Å². The maximum Gasteiger partial charge on any atom is 0.274 e. The minimum absolute atomic E-state index is 0.0139. The van der Waals surface area contributed by atoms with E-state index in [4.69, 9.17) is 14.2 Å². The van der Waals surface area contributed by atoms with Crippen molar-refractivity contribution in [2.45, 2.75) is 11.8 Å². The zero-order chi connectivity index (χ0) is 24.1. The SMILES string of the molecule is COc1cc2cc(C(=O)N3CC4CC45C3=CC(=O)c3sc4ccccc4c35)[nH]c2c(OC)c1OC. The lowest BCUT2D eigenvalue weighted by atomic mass is 9.84. The molecule has 7 rings (SSSR count). The van der Waals surface area contributed by atoms with Gasteiger partial charge < -0.3 is 24.1 Å². The summed E-state index contributed by atoms with van der Waals surface area (Å²) in [5.41, 5.74) is 2.80. The van der Waals surface area contributed by atoms with Gasteiger partial charge in [-0.1, -0.05) is 18.2 Å². The molecule has 7 nitrogen and oxygen atoms in total. The van der Waals surface area contributed by atoms with E-state index in [1.807, 2.05) is 18.2 Å². The molecular weight excluding hydrogens is 464 g/mol. The van der Waals surface area contributed by atoms with Gasteiger partial charge in [0.2, 0.25) is 5.75 Å². The molecule has 8 heteroatoms. The maximum atomic E-state index is 13.8. The van der Waals surface area contributed by atoms with Crippen molar-refractivity contribution in [3.05, 3.63) is 64.3 Å². The van der Waals surface area contributed by atoms with E-state index in [0.717, 1.165) is 38.0 Å². The molecule has 2 unspecified atom stereocenters. The van der Waals surface area contributed by atoms with E-state index in [1.165, 1.54) is 0 Å². The molecular formula is C27H22N2O5S. The van der Waals surface area contributed by atoms with E-state index in [9.17, 15) is 9.59 Å². The lowest BCUT2D eigenvalue weighted by Crippen LogP contribution is -2.33. The zero-order valence-electron chi connectivity index (χ0n) is 19.4. The predicted molar refractivity (Wildman–Crippen MR) is 133 cm³/mol. The number of hydrogen-bond donors (Lipinski definition) is 1. The fourth-order valence-corrected chi connectivity index (χ4v) is 7.31. The van der Waals surface area contributed by atoms with Gasteiger partial charge in [0.05, 0.1) is 31.7 Å². The van der Waals surface area contributed by atoms with Gasteiger partial charge in [-0.3, -0.25) is 9.59 Å². The Morgan fingerprint density at radius 3 is 2.69 bits per heavy atom. The lowest BCUT2D eigenvalue weighted by molar-refractivity contribution is 0.0806. The first-order valence-corrected chi connectivity index (χ1v) is 12.3. The normalized spacial score (nSPS) is 22.0. The number of rotatable bonds is 4. The molecule has 2 aromatic heterocycles. The highest BCUT2D eigenvalue weighted by molar-refractivity contribution is 7.21. The van der Waals surface area contributed by atoms with Gasteiger partial charge in [0.1, 0.15) is 5.69 Å². The van der Waals surface area contributed by atoms with Gasteiger partial charge in [0.25, 0.3) is 5.91 Å². The van der Waals surface area contributed by atoms with Crippen molar-refractivity contribution in [1.29, 1.82) is 0 Å². The van der Waals surface area contributed by atoms with Crippen LogP contribution in [0.5, 0.6) is 17.2 Å². The van der Waals surface area contributed by atoms with Crippen molar-refractivity contribution in [2.24, 2.45) is 5.92 Å².